The highest BCUT2D eigenvalue weighted by Gasteiger charge is 2.50. The normalized spacial score (nSPS) is 18.6. The lowest BCUT2D eigenvalue weighted by Gasteiger charge is -2.38. The number of aromatic nitrogens is 1. The Morgan fingerprint density at radius 1 is 1.30 bits per heavy atom. The highest BCUT2D eigenvalue weighted by molar-refractivity contribution is 6.16. The zero-order valence-corrected chi connectivity index (χ0v) is 16.0. The molecule has 6 nitrogen and oxygen atoms in total. The lowest BCUT2D eigenvalue weighted by Crippen LogP contribution is -2.62. The second kappa shape index (κ2) is 7.78. The molecule has 27 heavy (non-hydrogen) atoms. The van der Waals surface area contributed by atoms with E-state index in [2.05, 4.69) is 17.2 Å². The fourth-order valence-electron chi connectivity index (χ4n) is 3.12. The topological polar surface area (TPSA) is 71.5 Å². The first-order chi connectivity index (χ1) is 13.0. The SMILES string of the molecule is CCCCN1C(=O)[C@](C)(C(=O)NCc2cccc(C)c2)Oc2cccnc21. The van der Waals surface area contributed by atoms with Crippen molar-refractivity contribution in [1.82, 2.24) is 10.3 Å². The Labute approximate surface area is 159 Å². The van der Waals surface area contributed by atoms with E-state index in [0.717, 1.165) is 24.0 Å². The largest absolute Gasteiger partial charge is 0.464 e. The maximum Gasteiger partial charge on any atom is 0.282 e. The van der Waals surface area contributed by atoms with Crippen molar-refractivity contribution in [3.63, 3.8) is 0 Å². The summed E-state index contributed by atoms with van der Waals surface area (Å²) in [5, 5.41) is 2.84. The minimum Gasteiger partial charge on any atom is -0.464 e. The Morgan fingerprint density at radius 3 is 2.85 bits per heavy atom. The lowest BCUT2D eigenvalue weighted by atomic mass is 10.0. The maximum absolute atomic E-state index is 13.1. The number of unbranched alkanes of at least 4 members (excludes halogenated alkanes) is 1. The molecule has 0 aliphatic carbocycles. The predicted molar refractivity (Wildman–Crippen MR) is 104 cm³/mol. The van der Waals surface area contributed by atoms with Gasteiger partial charge in [0.25, 0.3) is 17.4 Å². The molecule has 0 bridgehead atoms. The van der Waals surface area contributed by atoms with E-state index in [-0.39, 0.29) is 5.91 Å². The van der Waals surface area contributed by atoms with Crippen LogP contribution in [0.25, 0.3) is 0 Å². The number of carbonyl (C=O) groups excluding carboxylic acids is 2. The zero-order chi connectivity index (χ0) is 19.4. The molecule has 1 aromatic heterocycles. The number of fused-ring (bicyclic) bond motifs is 1. The van der Waals surface area contributed by atoms with Crippen LogP contribution in [0.2, 0.25) is 0 Å². The molecule has 0 saturated heterocycles. The smallest absolute Gasteiger partial charge is 0.282 e. The van der Waals surface area contributed by atoms with E-state index in [1.165, 1.54) is 6.92 Å². The van der Waals surface area contributed by atoms with Crippen molar-refractivity contribution in [2.45, 2.75) is 45.8 Å². The first kappa shape index (κ1) is 18.9. The molecule has 0 saturated carbocycles. The van der Waals surface area contributed by atoms with Crippen molar-refractivity contribution in [2.75, 3.05) is 11.4 Å². The van der Waals surface area contributed by atoms with Crippen molar-refractivity contribution in [3.05, 3.63) is 53.7 Å². The van der Waals surface area contributed by atoms with Gasteiger partial charge in [0.2, 0.25) is 0 Å². The Balaban J connectivity index is 1.82. The maximum atomic E-state index is 13.1. The van der Waals surface area contributed by atoms with Crippen LogP contribution < -0.4 is 15.0 Å². The van der Waals surface area contributed by atoms with E-state index >= 15 is 0 Å². The molecule has 142 valence electrons. The van der Waals surface area contributed by atoms with Gasteiger partial charge in [0, 0.05) is 19.3 Å². The van der Waals surface area contributed by atoms with Gasteiger partial charge in [-0.3, -0.25) is 14.5 Å². The van der Waals surface area contributed by atoms with E-state index in [4.69, 9.17) is 4.74 Å². The number of hydrogen-bond donors (Lipinski definition) is 1. The number of nitrogens with zero attached hydrogens (tertiary/aromatic N) is 2. The molecule has 0 unspecified atom stereocenters. The highest BCUT2D eigenvalue weighted by atomic mass is 16.5. The quantitative estimate of drug-likeness (QED) is 0.797. The summed E-state index contributed by atoms with van der Waals surface area (Å²) >= 11 is 0. The minimum atomic E-state index is -1.62. The van der Waals surface area contributed by atoms with Crippen molar-refractivity contribution in [2.24, 2.45) is 0 Å². The van der Waals surface area contributed by atoms with Crippen molar-refractivity contribution < 1.29 is 14.3 Å². The van der Waals surface area contributed by atoms with Crippen LogP contribution in [0.15, 0.2) is 42.6 Å². The fourth-order valence-corrected chi connectivity index (χ4v) is 3.12. The number of carbonyl (C=O) groups is 2. The van der Waals surface area contributed by atoms with Gasteiger partial charge in [-0.25, -0.2) is 4.98 Å². The average Bonchev–Trinajstić information content (AvgIpc) is 2.66. The van der Waals surface area contributed by atoms with E-state index in [1.807, 2.05) is 31.2 Å². The predicted octanol–water partition coefficient (Wildman–Crippen LogP) is 2.99. The molecular formula is C21H25N3O3. The number of anilines is 1. The standard InChI is InChI=1S/C21H25N3O3/c1-4-5-12-24-18-17(10-7-11-22-18)27-21(3,20(24)26)19(25)23-14-16-9-6-8-15(2)13-16/h6-11,13H,4-5,12,14H2,1-3H3,(H,23,25)/t21-/m0/s1. The number of rotatable bonds is 6. The fraction of sp³-hybridized carbons (Fsp3) is 0.381. The first-order valence-electron chi connectivity index (χ1n) is 9.25. The summed E-state index contributed by atoms with van der Waals surface area (Å²) in [6, 6.07) is 11.3. The number of nitrogens with one attached hydrogen (secondary N) is 1. The second-order valence-corrected chi connectivity index (χ2v) is 6.94. The van der Waals surface area contributed by atoms with Crippen LogP contribution in [0.1, 0.15) is 37.8 Å². The number of pyridine rings is 1. The summed E-state index contributed by atoms with van der Waals surface area (Å²) < 4.78 is 5.85. The third kappa shape index (κ3) is 3.79. The van der Waals surface area contributed by atoms with E-state index < -0.39 is 11.5 Å². The lowest BCUT2D eigenvalue weighted by molar-refractivity contribution is -0.148. The summed E-state index contributed by atoms with van der Waals surface area (Å²) in [7, 11) is 0. The molecule has 1 atom stereocenters. The summed E-state index contributed by atoms with van der Waals surface area (Å²) in [5.74, 6) is 0.0789. The van der Waals surface area contributed by atoms with Gasteiger partial charge in [0.05, 0.1) is 0 Å². The molecule has 1 N–H and O–H groups in total. The van der Waals surface area contributed by atoms with Crippen molar-refractivity contribution in [3.8, 4) is 5.75 Å². The molecule has 1 aliphatic heterocycles. The molecule has 2 aromatic rings. The molecule has 0 spiro atoms. The van der Waals surface area contributed by atoms with E-state index in [0.29, 0.717) is 24.7 Å². The number of aryl methyl sites for hydroxylation is 1. The summed E-state index contributed by atoms with van der Waals surface area (Å²) in [6.07, 6.45) is 3.38. The van der Waals surface area contributed by atoms with Crippen LogP contribution in [-0.4, -0.2) is 28.9 Å². The van der Waals surface area contributed by atoms with Crippen molar-refractivity contribution in [1.29, 1.82) is 0 Å². The number of hydrogen-bond acceptors (Lipinski definition) is 4. The van der Waals surface area contributed by atoms with Crippen LogP contribution in [0.5, 0.6) is 5.75 Å². The zero-order valence-electron chi connectivity index (χ0n) is 16.0. The molecule has 2 amide bonds. The molecule has 6 heteroatoms. The Hall–Kier alpha value is -2.89. The van der Waals surface area contributed by atoms with Gasteiger partial charge in [-0.05, 0) is 38.0 Å². The Bertz CT molecular complexity index is 852. The van der Waals surface area contributed by atoms with Gasteiger partial charge in [-0.15, -0.1) is 0 Å². The van der Waals surface area contributed by atoms with Gasteiger partial charge in [0.15, 0.2) is 11.6 Å². The van der Waals surface area contributed by atoms with E-state index in [9.17, 15) is 9.59 Å². The number of ether oxygens (including phenoxy) is 1. The third-order valence-electron chi connectivity index (χ3n) is 4.68. The van der Waals surface area contributed by atoms with Crippen LogP contribution in [0.3, 0.4) is 0 Å². The molecule has 0 radical (unpaired) electrons. The number of benzene rings is 1. The molecule has 2 heterocycles. The van der Waals surface area contributed by atoms with Crippen molar-refractivity contribution >= 4 is 17.6 Å². The van der Waals surface area contributed by atoms with Crippen LogP contribution in [0, 0.1) is 6.92 Å². The summed E-state index contributed by atoms with van der Waals surface area (Å²) in [4.78, 5) is 31.9. The molecule has 0 fully saturated rings. The van der Waals surface area contributed by atoms with Gasteiger partial charge in [0.1, 0.15) is 0 Å². The van der Waals surface area contributed by atoms with E-state index in [1.54, 1.807) is 23.2 Å². The first-order valence-corrected chi connectivity index (χ1v) is 9.25. The number of amides is 2. The summed E-state index contributed by atoms with van der Waals surface area (Å²) in [6.45, 7) is 6.41. The van der Waals surface area contributed by atoms with Crippen LogP contribution in [-0.2, 0) is 16.1 Å². The molecular weight excluding hydrogens is 342 g/mol. The summed E-state index contributed by atoms with van der Waals surface area (Å²) in [5.41, 5.74) is 0.469. The van der Waals surface area contributed by atoms with Gasteiger partial charge in [-0.1, -0.05) is 43.2 Å². The second-order valence-electron chi connectivity index (χ2n) is 6.94. The van der Waals surface area contributed by atoms with Gasteiger partial charge < -0.3 is 10.1 Å². The van der Waals surface area contributed by atoms with Crippen LogP contribution >= 0.6 is 0 Å². The molecule has 1 aromatic carbocycles. The molecule has 1 aliphatic rings. The minimum absolute atomic E-state index is 0.335. The third-order valence-corrected chi connectivity index (χ3v) is 4.68. The van der Waals surface area contributed by atoms with Gasteiger partial charge in [-0.2, -0.15) is 0 Å². The Morgan fingerprint density at radius 2 is 2.11 bits per heavy atom. The Kier molecular flexibility index (Phi) is 5.44. The van der Waals surface area contributed by atoms with Gasteiger partial charge >= 0.3 is 0 Å². The molecule has 3 rings (SSSR count). The highest BCUT2D eigenvalue weighted by Crippen LogP contribution is 2.36. The monoisotopic (exact) mass is 367 g/mol. The average molecular weight is 367 g/mol. The van der Waals surface area contributed by atoms with Crippen LogP contribution in [0.4, 0.5) is 5.82 Å².